The molecule has 0 fully saturated rings. The van der Waals surface area contributed by atoms with Crippen LogP contribution in [0.2, 0.25) is 0 Å². The molecule has 2 aromatic carbocycles. The number of ether oxygens (including phenoxy) is 2. The van der Waals surface area contributed by atoms with Crippen molar-refractivity contribution in [2.24, 2.45) is 0 Å². The Bertz CT molecular complexity index is 749. The molecule has 1 aromatic heterocycles. The third kappa shape index (κ3) is 2.79. The highest BCUT2D eigenvalue weighted by Crippen LogP contribution is 2.29. The Kier molecular flexibility index (Phi) is 3.69. The van der Waals surface area contributed by atoms with Crippen LogP contribution < -0.4 is 9.47 Å². The van der Waals surface area contributed by atoms with Crippen molar-refractivity contribution in [2.75, 3.05) is 6.61 Å². The fourth-order valence-electron chi connectivity index (χ4n) is 2.21. The molecule has 0 N–H and O–H groups in total. The first-order chi connectivity index (χ1) is 10.3. The van der Waals surface area contributed by atoms with Crippen LogP contribution in [0.1, 0.15) is 12.5 Å². The molecule has 0 unspecified atom stereocenters. The summed E-state index contributed by atoms with van der Waals surface area (Å²) >= 11 is 0. The summed E-state index contributed by atoms with van der Waals surface area (Å²) < 4.78 is 11.3. The van der Waals surface area contributed by atoms with E-state index in [1.807, 2.05) is 56.3 Å². The van der Waals surface area contributed by atoms with E-state index >= 15 is 0 Å². The summed E-state index contributed by atoms with van der Waals surface area (Å²) in [6.07, 6.45) is 1.52. The Balaban J connectivity index is 1.94. The Morgan fingerprint density at radius 2 is 1.71 bits per heavy atom. The number of aryl methyl sites for hydroxylation is 1. The van der Waals surface area contributed by atoms with Crippen molar-refractivity contribution in [3.8, 4) is 17.4 Å². The molecule has 0 bridgehead atoms. The molecule has 0 saturated heterocycles. The maximum atomic E-state index is 5.90. The molecule has 0 aliphatic heterocycles. The Labute approximate surface area is 123 Å². The summed E-state index contributed by atoms with van der Waals surface area (Å²) in [5.41, 5.74) is 1.97. The lowest BCUT2D eigenvalue weighted by atomic mass is 10.1. The zero-order valence-corrected chi connectivity index (χ0v) is 12.0. The van der Waals surface area contributed by atoms with Gasteiger partial charge in [0.25, 0.3) is 0 Å². The number of nitrogens with zero attached hydrogens (tertiary/aromatic N) is 2. The Morgan fingerprint density at radius 1 is 0.952 bits per heavy atom. The topological polar surface area (TPSA) is 44.2 Å². The Hall–Kier alpha value is -2.62. The van der Waals surface area contributed by atoms with Gasteiger partial charge in [0, 0.05) is 0 Å². The molecule has 1 heterocycles. The third-order valence-corrected chi connectivity index (χ3v) is 3.19. The van der Waals surface area contributed by atoms with Crippen LogP contribution in [-0.2, 0) is 0 Å². The normalized spacial score (nSPS) is 10.6. The summed E-state index contributed by atoms with van der Waals surface area (Å²) in [7, 11) is 0. The van der Waals surface area contributed by atoms with Gasteiger partial charge in [0.1, 0.15) is 17.8 Å². The molecule has 0 aliphatic carbocycles. The van der Waals surface area contributed by atoms with Crippen LogP contribution in [0.25, 0.3) is 10.9 Å². The predicted molar refractivity (Wildman–Crippen MR) is 82.0 cm³/mol. The highest BCUT2D eigenvalue weighted by molar-refractivity contribution is 5.86. The summed E-state index contributed by atoms with van der Waals surface area (Å²) in [5.74, 6) is 2.12. The molecule has 0 aliphatic rings. The van der Waals surface area contributed by atoms with Gasteiger partial charge in [-0.1, -0.05) is 12.1 Å². The first-order valence-electron chi connectivity index (χ1n) is 6.89. The number of rotatable bonds is 4. The van der Waals surface area contributed by atoms with Gasteiger partial charge >= 0.3 is 0 Å². The molecule has 0 spiro atoms. The zero-order chi connectivity index (χ0) is 14.7. The van der Waals surface area contributed by atoms with E-state index in [1.54, 1.807) is 0 Å². The van der Waals surface area contributed by atoms with Gasteiger partial charge in [0.05, 0.1) is 17.5 Å². The van der Waals surface area contributed by atoms with E-state index in [1.165, 1.54) is 6.33 Å². The van der Waals surface area contributed by atoms with Crippen LogP contribution in [-0.4, -0.2) is 16.6 Å². The fourth-order valence-corrected chi connectivity index (χ4v) is 2.21. The maximum Gasteiger partial charge on any atom is 0.230 e. The van der Waals surface area contributed by atoms with E-state index in [2.05, 4.69) is 9.97 Å². The maximum absolute atomic E-state index is 5.90. The lowest BCUT2D eigenvalue weighted by Gasteiger charge is -2.09. The van der Waals surface area contributed by atoms with E-state index in [9.17, 15) is 0 Å². The van der Waals surface area contributed by atoms with Gasteiger partial charge in [-0.15, -0.1) is 0 Å². The summed E-state index contributed by atoms with van der Waals surface area (Å²) in [6.45, 7) is 4.63. The molecule has 0 atom stereocenters. The molecule has 0 saturated carbocycles. The quantitative estimate of drug-likeness (QED) is 0.720. The van der Waals surface area contributed by atoms with Gasteiger partial charge in [-0.3, -0.25) is 0 Å². The van der Waals surface area contributed by atoms with E-state index in [0.717, 1.165) is 28.0 Å². The van der Waals surface area contributed by atoms with Crippen LogP contribution >= 0.6 is 0 Å². The SMILES string of the molecule is CCOc1ccc(Oc2ncnc3cccc(C)c23)cc1. The van der Waals surface area contributed by atoms with Gasteiger partial charge in [0.15, 0.2) is 0 Å². The van der Waals surface area contributed by atoms with Crippen LogP contribution in [0.4, 0.5) is 0 Å². The molecular weight excluding hydrogens is 264 g/mol. The largest absolute Gasteiger partial charge is 0.494 e. The first kappa shape index (κ1) is 13.4. The average molecular weight is 280 g/mol. The molecule has 106 valence electrons. The van der Waals surface area contributed by atoms with E-state index < -0.39 is 0 Å². The van der Waals surface area contributed by atoms with Gasteiger partial charge in [-0.05, 0) is 49.7 Å². The first-order valence-corrected chi connectivity index (χ1v) is 6.89. The molecule has 3 aromatic rings. The minimum absolute atomic E-state index is 0.572. The van der Waals surface area contributed by atoms with Crippen LogP contribution in [0.3, 0.4) is 0 Å². The minimum Gasteiger partial charge on any atom is -0.494 e. The predicted octanol–water partition coefficient (Wildman–Crippen LogP) is 4.13. The minimum atomic E-state index is 0.572. The second-order valence-corrected chi connectivity index (χ2v) is 4.65. The van der Waals surface area contributed by atoms with Gasteiger partial charge in [0.2, 0.25) is 5.88 Å². The van der Waals surface area contributed by atoms with E-state index in [-0.39, 0.29) is 0 Å². The van der Waals surface area contributed by atoms with Crippen molar-refractivity contribution in [3.05, 3.63) is 54.4 Å². The van der Waals surface area contributed by atoms with Crippen molar-refractivity contribution in [3.63, 3.8) is 0 Å². The second kappa shape index (κ2) is 5.79. The van der Waals surface area contributed by atoms with Crippen LogP contribution in [0.15, 0.2) is 48.8 Å². The zero-order valence-electron chi connectivity index (χ0n) is 12.0. The van der Waals surface area contributed by atoms with Gasteiger partial charge < -0.3 is 9.47 Å². The smallest absolute Gasteiger partial charge is 0.230 e. The van der Waals surface area contributed by atoms with Crippen LogP contribution in [0.5, 0.6) is 17.4 Å². The highest BCUT2D eigenvalue weighted by Gasteiger charge is 2.08. The number of hydrogen-bond acceptors (Lipinski definition) is 4. The standard InChI is InChI=1S/C17H16N2O2/c1-3-20-13-7-9-14(10-8-13)21-17-16-12(2)5-4-6-15(16)18-11-19-17/h4-11H,3H2,1-2H3. The summed E-state index contributed by atoms with van der Waals surface area (Å²) in [5, 5.41) is 0.939. The summed E-state index contributed by atoms with van der Waals surface area (Å²) in [6, 6.07) is 13.5. The lowest BCUT2D eigenvalue weighted by molar-refractivity contribution is 0.339. The monoisotopic (exact) mass is 280 g/mol. The molecule has 0 amide bonds. The van der Waals surface area contributed by atoms with Gasteiger partial charge in [-0.2, -0.15) is 0 Å². The Morgan fingerprint density at radius 3 is 2.48 bits per heavy atom. The molecule has 3 rings (SSSR count). The highest BCUT2D eigenvalue weighted by atomic mass is 16.5. The third-order valence-electron chi connectivity index (χ3n) is 3.19. The lowest BCUT2D eigenvalue weighted by Crippen LogP contribution is -1.94. The number of benzene rings is 2. The molecule has 4 heteroatoms. The van der Waals surface area contributed by atoms with Crippen molar-refractivity contribution >= 4 is 10.9 Å². The van der Waals surface area contributed by atoms with E-state index in [4.69, 9.17) is 9.47 Å². The second-order valence-electron chi connectivity index (χ2n) is 4.65. The fraction of sp³-hybridized carbons (Fsp3) is 0.176. The van der Waals surface area contributed by atoms with Crippen molar-refractivity contribution in [1.82, 2.24) is 9.97 Å². The molecule has 21 heavy (non-hydrogen) atoms. The van der Waals surface area contributed by atoms with E-state index in [0.29, 0.717) is 12.5 Å². The molecule has 4 nitrogen and oxygen atoms in total. The van der Waals surface area contributed by atoms with Crippen molar-refractivity contribution < 1.29 is 9.47 Å². The van der Waals surface area contributed by atoms with Crippen molar-refractivity contribution in [2.45, 2.75) is 13.8 Å². The number of aromatic nitrogens is 2. The number of fused-ring (bicyclic) bond motifs is 1. The number of hydrogen-bond donors (Lipinski definition) is 0. The van der Waals surface area contributed by atoms with Crippen molar-refractivity contribution in [1.29, 1.82) is 0 Å². The molecule has 0 radical (unpaired) electrons. The molecular formula is C17H16N2O2. The van der Waals surface area contributed by atoms with Crippen LogP contribution in [0, 0.1) is 6.92 Å². The van der Waals surface area contributed by atoms with Gasteiger partial charge in [-0.25, -0.2) is 9.97 Å². The average Bonchev–Trinajstić information content (AvgIpc) is 2.50. The summed E-state index contributed by atoms with van der Waals surface area (Å²) in [4.78, 5) is 8.53.